The Kier molecular flexibility index (Phi) is 9.10. The molecule has 4 N–H and O–H groups in total. The summed E-state index contributed by atoms with van der Waals surface area (Å²) in [4.78, 5) is 22.3. The van der Waals surface area contributed by atoms with Gasteiger partial charge in [-0.2, -0.15) is 0 Å². The van der Waals surface area contributed by atoms with E-state index in [-0.39, 0.29) is 0 Å². The molecule has 8 nitrogen and oxygen atoms in total. The molecule has 1 unspecified atom stereocenters. The molecule has 1 aromatic heterocycles. The minimum absolute atomic E-state index is 0.383. The third kappa shape index (κ3) is 7.28. The second-order valence-electron chi connectivity index (χ2n) is 7.22. The van der Waals surface area contributed by atoms with E-state index in [4.69, 9.17) is 43.0 Å². The van der Waals surface area contributed by atoms with Gasteiger partial charge >= 0.3 is 11.9 Å². The maximum Gasteiger partial charge on any atom is 0.414 e. The van der Waals surface area contributed by atoms with E-state index in [1.165, 1.54) is 19.3 Å². The number of aliphatic carboxylic acids is 2. The third-order valence-electron chi connectivity index (χ3n) is 4.91. The summed E-state index contributed by atoms with van der Waals surface area (Å²) in [5, 5.41) is 30.8. The maximum atomic E-state index is 11.4. The Bertz CT molecular complexity index is 829. The quantitative estimate of drug-likeness (QED) is 0.490. The standard InChI is InChI=1S/C18H23Cl2N3O.C2H2O4/c19-14-6-7-16(17(20)10-14)18(24,12-23-9-8-21-13-23)11-22-15-4-2-1-3-5-15;3-1(4)2(5)6/h6-10,13,15,22,24H,1-5,11-12H2;(H,3,4)(H,5,6). The summed E-state index contributed by atoms with van der Waals surface area (Å²) < 4.78 is 1.87. The van der Waals surface area contributed by atoms with E-state index in [1.807, 2.05) is 16.8 Å². The molecule has 1 fully saturated rings. The first-order valence-corrected chi connectivity index (χ1v) is 10.3. The van der Waals surface area contributed by atoms with Crippen LogP contribution >= 0.6 is 23.2 Å². The highest BCUT2D eigenvalue weighted by Crippen LogP contribution is 2.32. The molecule has 0 saturated heterocycles. The summed E-state index contributed by atoms with van der Waals surface area (Å²) in [6.45, 7) is 0.825. The Balaban J connectivity index is 0.000000469. The van der Waals surface area contributed by atoms with Gasteiger partial charge in [-0.3, -0.25) is 0 Å². The number of hydrogen-bond acceptors (Lipinski definition) is 5. The molecule has 0 radical (unpaired) electrons. The van der Waals surface area contributed by atoms with E-state index in [2.05, 4.69) is 10.3 Å². The molecule has 1 aliphatic rings. The van der Waals surface area contributed by atoms with Crippen molar-refractivity contribution in [2.75, 3.05) is 6.54 Å². The minimum Gasteiger partial charge on any atom is -0.473 e. The number of nitrogens with one attached hydrogen (secondary N) is 1. The lowest BCUT2D eigenvalue weighted by atomic mass is 9.91. The van der Waals surface area contributed by atoms with Crippen LogP contribution in [0.1, 0.15) is 37.7 Å². The van der Waals surface area contributed by atoms with E-state index in [9.17, 15) is 5.11 Å². The summed E-state index contributed by atoms with van der Waals surface area (Å²) in [6, 6.07) is 5.71. The highest BCUT2D eigenvalue weighted by Gasteiger charge is 2.33. The topological polar surface area (TPSA) is 125 Å². The van der Waals surface area contributed by atoms with Crippen LogP contribution in [0.2, 0.25) is 10.0 Å². The molecule has 30 heavy (non-hydrogen) atoms. The molecule has 0 aliphatic heterocycles. The summed E-state index contributed by atoms with van der Waals surface area (Å²) in [5.41, 5.74) is -0.439. The average molecular weight is 458 g/mol. The monoisotopic (exact) mass is 457 g/mol. The van der Waals surface area contributed by atoms with Crippen molar-refractivity contribution in [3.63, 3.8) is 0 Å². The van der Waals surface area contributed by atoms with E-state index < -0.39 is 17.5 Å². The number of benzene rings is 1. The van der Waals surface area contributed by atoms with E-state index in [1.54, 1.807) is 24.7 Å². The predicted octanol–water partition coefficient (Wildman–Crippen LogP) is 3.16. The zero-order chi connectivity index (χ0) is 22.1. The first kappa shape index (κ1) is 24.1. The number of aromatic nitrogens is 2. The number of rotatable bonds is 6. The van der Waals surface area contributed by atoms with Gasteiger partial charge in [-0.25, -0.2) is 14.6 Å². The lowest BCUT2D eigenvalue weighted by molar-refractivity contribution is -0.159. The average Bonchev–Trinajstić information content (AvgIpc) is 3.20. The maximum absolute atomic E-state index is 11.4. The Morgan fingerprint density at radius 2 is 1.83 bits per heavy atom. The van der Waals surface area contributed by atoms with Crippen LogP contribution in [-0.2, 0) is 21.7 Å². The van der Waals surface area contributed by atoms with Crippen LogP contribution in [0.4, 0.5) is 0 Å². The number of carbonyl (C=O) groups is 2. The van der Waals surface area contributed by atoms with Crippen LogP contribution in [0.5, 0.6) is 0 Å². The number of hydrogen-bond donors (Lipinski definition) is 4. The molecule has 10 heteroatoms. The minimum atomic E-state index is -1.82. The van der Waals surface area contributed by atoms with Crippen LogP contribution in [0.15, 0.2) is 36.9 Å². The summed E-state index contributed by atoms with van der Waals surface area (Å²) in [6.07, 6.45) is 11.4. The molecule has 1 aromatic carbocycles. The van der Waals surface area contributed by atoms with Crippen molar-refractivity contribution in [1.82, 2.24) is 14.9 Å². The van der Waals surface area contributed by atoms with Gasteiger partial charge in [0, 0.05) is 40.6 Å². The number of carboxylic acid groups (broad SMARTS) is 2. The van der Waals surface area contributed by atoms with Gasteiger partial charge in [0.2, 0.25) is 0 Å². The Hall–Kier alpha value is -2.13. The van der Waals surface area contributed by atoms with Crippen molar-refractivity contribution in [3.8, 4) is 0 Å². The SMILES string of the molecule is O=C(O)C(=O)O.OC(CNC1CCCCC1)(Cn1ccnc1)c1ccc(Cl)cc1Cl. The molecule has 164 valence electrons. The zero-order valence-corrected chi connectivity index (χ0v) is 17.8. The molecular formula is C20H25Cl2N3O5. The van der Waals surface area contributed by atoms with Gasteiger partial charge in [0.1, 0.15) is 5.60 Å². The fourth-order valence-electron chi connectivity index (χ4n) is 3.41. The predicted molar refractivity (Wildman–Crippen MR) is 113 cm³/mol. The highest BCUT2D eigenvalue weighted by atomic mass is 35.5. The normalized spacial score (nSPS) is 16.2. The fourth-order valence-corrected chi connectivity index (χ4v) is 3.99. The molecule has 0 spiro atoms. The summed E-state index contributed by atoms with van der Waals surface area (Å²) in [7, 11) is 0. The molecule has 0 bridgehead atoms. The second kappa shape index (κ2) is 11.3. The van der Waals surface area contributed by atoms with Crippen molar-refractivity contribution in [2.24, 2.45) is 0 Å². The number of carboxylic acids is 2. The molecule has 2 aromatic rings. The zero-order valence-electron chi connectivity index (χ0n) is 16.3. The van der Waals surface area contributed by atoms with E-state index >= 15 is 0 Å². The van der Waals surface area contributed by atoms with Crippen molar-refractivity contribution in [1.29, 1.82) is 0 Å². The van der Waals surface area contributed by atoms with Gasteiger partial charge in [0.05, 0.1) is 12.9 Å². The first-order chi connectivity index (χ1) is 14.2. The van der Waals surface area contributed by atoms with Gasteiger partial charge in [-0.05, 0) is 25.0 Å². The first-order valence-electron chi connectivity index (χ1n) is 9.54. The lowest BCUT2D eigenvalue weighted by Crippen LogP contribution is -2.45. The number of aliphatic hydroxyl groups is 1. The Morgan fingerprint density at radius 1 is 1.17 bits per heavy atom. The van der Waals surface area contributed by atoms with Gasteiger partial charge < -0.3 is 25.2 Å². The van der Waals surface area contributed by atoms with Crippen LogP contribution in [0.3, 0.4) is 0 Å². The smallest absolute Gasteiger partial charge is 0.414 e. The van der Waals surface area contributed by atoms with Crippen molar-refractivity contribution < 1.29 is 24.9 Å². The highest BCUT2D eigenvalue weighted by molar-refractivity contribution is 6.35. The van der Waals surface area contributed by atoms with Gasteiger partial charge in [0.25, 0.3) is 0 Å². The largest absolute Gasteiger partial charge is 0.473 e. The number of nitrogens with zero attached hydrogens (tertiary/aromatic N) is 2. The van der Waals surface area contributed by atoms with Gasteiger partial charge in [-0.1, -0.05) is 48.5 Å². The molecular weight excluding hydrogens is 433 g/mol. The fraction of sp³-hybridized carbons (Fsp3) is 0.450. The van der Waals surface area contributed by atoms with Crippen LogP contribution in [-0.4, -0.2) is 49.4 Å². The molecule has 1 atom stereocenters. The van der Waals surface area contributed by atoms with Gasteiger partial charge in [-0.15, -0.1) is 0 Å². The lowest BCUT2D eigenvalue weighted by Gasteiger charge is -2.33. The number of halogens is 2. The summed E-state index contributed by atoms with van der Waals surface area (Å²) in [5.74, 6) is -3.65. The van der Waals surface area contributed by atoms with Crippen molar-refractivity contribution >= 4 is 35.1 Å². The van der Waals surface area contributed by atoms with Crippen LogP contribution < -0.4 is 5.32 Å². The molecule has 1 saturated carbocycles. The van der Waals surface area contributed by atoms with Crippen LogP contribution in [0, 0.1) is 0 Å². The molecule has 3 rings (SSSR count). The second-order valence-corrected chi connectivity index (χ2v) is 8.06. The Morgan fingerprint density at radius 3 is 2.37 bits per heavy atom. The third-order valence-corrected chi connectivity index (χ3v) is 5.45. The van der Waals surface area contributed by atoms with Crippen molar-refractivity contribution in [2.45, 2.75) is 50.3 Å². The molecule has 1 aliphatic carbocycles. The molecule has 1 heterocycles. The molecule has 0 amide bonds. The van der Waals surface area contributed by atoms with E-state index in [0.29, 0.717) is 34.7 Å². The van der Waals surface area contributed by atoms with E-state index in [0.717, 1.165) is 12.8 Å². The summed E-state index contributed by atoms with van der Waals surface area (Å²) >= 11 is 12.4. The van der Waals surface area contributed by atoms with Gasteiger partial charge in [0.15, 0.2) is 0 Å². The Labute approximate surface area is 184 Å². The van der Waals surface area contributed by atoms with Crippen LogP contribution in [0.25, 0.3) is 0 Å². The number of imidazole rings is 1. The van der Waals surface area contributed by atoms with Crippen molar-refractivity contribution in [3.05, 3.63) is 52.5 Å².